The molecule has 1 heterocycles. The smallest absolute Gasteiger partial charge is 0.248 e. The minimum Gasteiger partial charge on any atom is -0.351 e. The van der Waals surface area contributed by atoms with Crippen LogP contribution in [0.3, 0.4) is 0 Å². The van der Waals surface area contributed by atoms with Crippen LogP contribution in [0.2, 0.25) is 0 Å². The lowest BCUT2D eigenvalue weighted by molar-refractivity contribution is -0.0366. The van der Waals surface area contributed by atoms with Crippen molar-refractivity contribution in [2.75, 3.05) is 10.6 Å². The van der Waals surface area contributed by atoms with Crippen molar-refractivity contribution in [3.8, 4) is 0 Å². The molecule has 4 rings (SSSR count). The van der Waals surface area contributed by atoms with Crippen LogP contribution in [-0.2, 0) is 0 Å². The van der Waals surface area contributed by atoms with Crippen LogP contribution in [0.4, 0.5) is 29.5 Å². The summed E-state index contributed by atoms with van der Waals surface area (Å²) in [5, 5.41) is 14.8. The summed E-state index contributed by atoms with van der Waals surface area (Å²) in [5.74, 6) is -4.36. The van der Waals surface area contributed by atoms with Gasteiger partial charge in [0.05, 0.1) is 5.71 Å². The molecule has 3 aliphatic carbocycles. The maximum atomic E-state index is 13.5. The Balaban J connectivity index is 1.50. The number of halogens is 4. The van der Waals surface area contributed by atoms with Crippen LogP contribution in [0.15, 0.2) is 0 Å². The lowest BCUT2D eigenvalue weighted by atomic mass is 9.92. The lowest BCUT2D eigenvalue weighted by Gasteiger charge is -2.30. The second kappa shape index (κ2) is 8.86. The van der Waals surface area contributed by atoms with E-state index in [-0.39, 0.29) is 61.4 Å². The Hall–Kier alpha value is -2.00. The van der Waals surface area contributed by atoms with E-state index in [1.54, 1.807) is 0 Å². The molecule has 1 aromatic heterocycles. The molecule has 0 amide bonds. The summed E-state index contributed by atoms with van der Waals surface area (Å²) in [6, 6.07) is -0.339. The Morgan fingerprint density at radius 2 is 1.13 bits per heavy atom. The molecule has 0 radical (unpaired) electrons. The quantitative estimate of drug-likeness (QED) is 0.405. The normalized spacial score (nSPS) is 24.8. The van der Waals surface area contributed by atoms with Crippen molar-refractivity contribution in [1.82, 2.24) is 15.0 Å². The van der Waals surface area contributed by atoms with Gasteiger partial charge in [-0.3, -0.25) is 0 Å². The van der Waals surface area contributed by atoms with Crippen LogP contribution in [0.5, 0.6) is 0 Å². The first-order chi connectivity index (χ1) is 14.7. The molecule has 3 saturated carbocycles. The molecule has 3 fully saturated rings. The number of nitrogens with zero attached hydrogens (tertiary/aromatic N) is 3. The number of aromatic nitrogens is 3. The third kappa shape index (κ3) is 5.83. The highest BCUT2D eigenvalue weighted by molar-refractivity contribution is 5.97. The summed E-state index contributed by atoms with van der Waals surface area (Å²) in [5.41, 5.74) is 0.358. The molecule has 6 nitrogen and oxygen atoms in total. The highest BCUT2D eigenvalue weighted by Gasteiger charge is 2.36. The number of alkyl halides is 4. The first-order valence-electron chi connectivity index (χ1n) is 11.3. The van der Waals surface area contributed by atoms with Gasteiger partial charge in [-0.05, 0) is 38.5 Å². The van der Waals surface area contributed by atoms with Gasteiger partial charge in [0.2, 0.25) is 23.7 Å². The summed E-state index contributed by atoms with van der Waals surface area (Å²) in [6.45, 7) is 0. The van der Waals surface area contributed by atoms with E-state index in [0.29, 0.717) is 31.4 Å². The fourth-order valence-electron chi connectivity index (χ4n) is 4.76. The maximum Gasteiger partial charge on any atom is 0.248 e. The second-order valence-corrected chi connectivity index (χ2v) is 9.25. The van der Waals surface area contributed by atoms with Crippen molar-refractivity contribution in [2.24, 2.45) is 5.92 Å². The van der Waals surface area contributed by atoms with E-state index >= 15 is 0 Å². The molecule has 0 aromatic carbocycles. The third-order valence-corrected chi connectivity index (χ3v) is 6.74. The molecule has 31 heavy (non-hydrogen) atoms. The van der Waals surface area contributed by atoms with Gasteiger partial charge in [0.25, 0.3) is 0 Å². The lowest BCUT2D eigenvalue weighted by Crippen LogP contribution is -2.34. The van der Waals surface area contributed by atoms with E-state index in [1.807, 2.05) is 0 Å². The zero-order valence-electron chi connectivity index (χ0n) is 17.6. The van der Waals surface area contributed by atoms with Gasteiger partial charge >= 0.3 is 0 Å². The number of hydrogen-bond acceptors (Lipinski definition) is 6. The van der Waals surface area contributed by atoms with Crippen molar-refractivity contribution in [2.45, 2.75) is 101 Å². The molecule has 0 spiro atoms. The van der Waals surface area contributed by atoms with Gasteiger partial charge in [-0.25, -0.2) is 17.6 Å². The fourth-order valence-corrected chi connectivity index (χ4v) is 4.76. The Labute approximate surface area is 179 Å². The molecule has 0 unspecified atom stereocenters. The van der Waals surface area contributed by atoms with Gasteiger partial charge in [-0.2, -0.15) is 15.0 Å². The molecule has 0 aliphatic heterocycles. The molecule has 3 N–H and O–H groups in total. The number of rotatable bonds is 6. The molecule has 3 aliphatic rings. The van der Waals surface area contributed by atoms with Crippen LogP contribution in [0.1, 0.15) is 82.9 Å². The van der Waals surface area contributed by atoms with E-state index in [9.17, 15) is 17.6 Å². The highest BCUT2D eigenvalue weighted by atomic mass is 19.3. The molecule has 0 atom stereocenters. The maximum absolute atomic E-state index is 13.5. The van der Waals surface area contributed by atoms with Gasteiger partial charge < -0.3 is 16.0 Å². The molecule has 10 heteroatoms. The number of hydrogen-bond donors (Lipinski definition) is 3. The van der Waals surface area contributed by atoms with E-state index in [2.05, 4.69) is 25.6 Å². The SMILES string of the molecule is N=C(c1nc(NC2CCC(F)(F)CC2)nc(NC2CCC(F)(F)CC2)n1)C1CCCC1. The molecule has 0 bridgehead atoms. The first-order valence-corrected chi connectivity index (χ1v) is 11.3. The van der Waals surface area contributed by atoms with Crippen LogP contribution >= 0.6 is 0 Å². The van der Waals surface area contributed by atoms with E-state index in [4.69, 9.17) is 5.41 Å². The van der Waals surface area contributed by atoms with Crippen molar-refractivity contribution < 1.29 is 17.6 Å². The van der Waals surface area contributed by atoms with Crippen LogP contribution in [-0.4, -0.2) is 44.6 Å². The van der Waals surface area contributed by atoms with Crippen molar-refractivity contribution in [1.29, 1.82) is 5.41 Å². The predicted octanol–water partition coefficient (Wildman–Crippen LogP) is 5.41. The largest absolute Gasteiger partial charge is 0.351 e. The van der Waals surface area contributed by atoms with Gasteiger partial charge in [0.1, 0.15) is 0 Å². The first kappa shape index (κ1) is 22.2. The predicted molar refractivity (Wildman–Crippen MR) is 110 cm³/mol. The minimum atomic E-state index is -2.62. The molecule has 0 saturated heterocycles. The Bertz CT molecular complexity index is 728. The summed E-state index contributed by atoms with van der Waals surface area (Å²) in [6.07, 6.45) is 4.53. The van der Waals surface area contributed by atoms with E-state index < -0.39 is 11.8 Å². The molecular weight excluding hydrogens is 412 g/mol. The summed E-state index contributed by atoms with van der Waals surface area (Å²) in [7, 11) is 0. The Morgan fingerprint density at radius 1 is 0.710 bits per heavy atom. The summed E-state index contributed by atoms with van der Waals surface area (Å²) >= 11 is 0. The Kier molecular flexibility index (Phi) is 6.35. The standard InChI is InChI=1S/C21H30F4N6/c22-20(23)9-5-14(6-10-20)27-18-29-17(16(26)13-3-1-2-4-13)30-19(31-18)28-15-7-11-21(24,25)12-8-15/h13-15,26H,1-12H2,(H2,27,28,29,30,31). The molecule has 1 aromatic rings. The van der Waals surface area contributed by atoms with E-state index in [1.165, 1.54) is 0 Å². The van der Waals surface area contributed by atoms with Gasteiger partial charge in [0, 0.05) is 43.7 Å². The van der Waals surface area contributed by atoms with E-state index in [0.717, 1.165) is 25.7 Å². The summed E-state index contributed by atoms with van der Waals surface area (Å²) < 4.78 is 53.9. The van der Waals surface area contributed by atoms with Gasteiger partial charge in [0.15, 0.2) is 5.82 Å². The van der Waals surface area contributed by atoms with Gasteiger partial charge in [-0.15, -0.1) is 0 Å². The van der Waals surface area contributed by atoms with Crippen molar-refractivity contribution in [3.63, 3.8) is 0 Å². The monoisotopic (exact) mass is 442 g/mol. The number of anilines is 2. The minimum absolute atomic E-state index is 0.102. The van der Waals surface area contributed by atoms with Crippen LogP contribution in [0, 0.1) is 11.3 Å². The Morgan fingerprint density at radius 3 is 1.55 bits per heavy atom. The second-order valence-electron chi connectivity index (χ2n) is 9.25. The van der Waals surface area contributed by atoms with Crippen LogP contribution < -0.4 is 10.6 Å². The van der Waals surface area contributed by atoms with Crippen molar-refractivity contribution >= 4 is 17.6 Å². The van der Waals surface area contributed by atoms with Crippen molar-refractivity contribution in [3.05, 3.63) is 5.82 Å². The number of nitrogens with one attached hydrogen (secondary N) is 3. The average molecular weight is 443 g/mol. The highest BCUT2D eigenvalue weighted by Crippen LogP contribution is 2.35. The zero-order chi connectivity index (χ0) is 22.1. The molecular formula is C21H30F4N6. The molecule has 172 valence electrons. The van der Waals surface area contributed by atoms with Crippen LogP contribution in [0.25, 0.3) is 0 Å². The third-order valence-electron chi connectivity index (χ3n) is 6.74. The van der Waals surface area contributed by atoms with Gasteiger partial charge in [-0.1, -0.05) is 12.8 Å². The summed E-state index contributed by atoms with van der Waals surface area (Å²) in [4.78, 5) is 13.2. The zero-order valence-corrected chi connectivity index (χ0v) is 17.6. The fraction of sp³-hybridized carbons (Fsp3) is 0.810. The average Bonchev–Trinajstić information content (AvgIpc) is 3.25. The topological polar surface area (TPSA) is 86.6 Å².